The van der Waals surface area contributed by atoms with Crippen LogP contribution in [0.3, 0.4) is 0 Å². The van der Waals surface area contributed by atoms with Crippen LogP contribution in [0.2, 0.25) is 0 Å². The van der Waals surface area contributed by atoms with Gasteiger partial charge < -0.3 is 16.5 Å². The maximum absolute atomic E-state index is 11.5. The van der Waals surface area contributed by atoms with Gasteiger partial charge in [-0.2, -0.15) is 0 Å². The first-order valence-corrected chi connectivity index (χ1v) is 5.27. The van der Waals surface area contributed by atoms with Crippen LogP contribution in [0.4, 0.5) is 5.82 Å². The van der Waals surface area contributed by atoms with E-state index in [0.29, 0.717) is 11.4 Å². The van der Waals surface area contributed by atoms with Gasteiger partial charge in [0.1, 0.15) is 5.82 Å². The van der Waals surface area contributed by atoms with Gasteiger partial charge >= 0.3 is 0 Å². The fraction of sp³-hybridized carbons (Fsp3) is 0. The van der Waals surface area contributed by atoms with Crippen molar-refractivity contribution in [3.8, 4) is 0 Å². The van der Waals surface area contributed by atoms with Gasteiger partial charge in [-0.05, 0) is 16.8 Å². The van der Waals surface area contributed by atoms with Gasteiger partial charge in [0, 0.05) is 10.9 Å². The Labute approximate surface area is 97.2 Å². The Balaban J connectivity index is 2.60. The summed E-state index contributed by atoms with van der Waals surface area (Å²) in [6.45, 7) is 0. The van der Waals surface area contributed by atoms with Crippen LogP contribution in [0.25, 0.3) is 21.7 Å². The number of primary amides is 1. The number of nitrogens with two attached hydrogens (primary N) is 2. The number of carbonyl (C=O) groups is 1. The molecule has 0 saturated heterocycles. The zero-order chi connectivity index (χ0) is 12.0. The number of hydrogen-bond acceptors (Lipinski definition) is 2. The fourth-order valence-corrected chi connectivity index (χ4v) is 2.24. The van der Waals surface area contributed by atoms with E-state index in [1.54, 1.807) is 0 Å². The molecule has 0 atom stereocenters. The van der Waals surface area contributed by atoms with Crippen molar-refractivity contribution in [2.45, 2.75) is 0 Å². The van der Waals surface area contributed by atoms with Crippen LogP contribution in [0, 0.1) is 0 Å². The molecule has 84 valence electrons. The third-order valence-electron chi connectivity index (χ3n) is 2.96. The van der Waals surface area contributed by atoms with Gasteiger partial charge in [0.15, 0.2) is 0 Å². The van der Waals surface area contributed by atoms with Crippen molar-refractivity contribution < 1.29 is 4.79 Å². The molecule has 4 heteroatoms. The molecule has 0 saturated carbocycles. The Morgan fingerprint density at radius 2 is 1.88 bits per heavy atom. The lowest BCUT2D eigenvalue weighted by Gasteiger charge is -2.00. The van der Waals surface area contributed by atoms with Gasteiger partial charge in [0.25, 0.3) is 5.91 Å². The highest BCUT2D eigenvalue weighted by Gasteiger charge is 2.16. The van der Waals surface area contributed by atoms with Crippen LogP contribution in [0.15, 0.2) is 36.4 Å². The van der Waals surface area contributed by atoms with E-state index < -0.39 is 5.91 Å². The molecule has 1 heterocycles. The van der Waals surface area contributed by atoms with Crippen LogP contribution < -0.4 is 11.5 Å². The molecule has 0 fully saturated rings. The Morgan fingerprint density at radius 3 is 2.65 bits per heavy atom. The first-order valence-electron chi connectivity index (χ1n) is 5.27. The van der Waals surface area contributed by atoms with Crippen LogP contribution >= 0.6 is 0 Å². The summed E-state index contributed by atoms with van der Waals surface area (Å²) in [5, 5.41) is 2.83. The zero-order valence-corrected chi connectivity index (χ0v) is 9.03. The average molecular weight is 225 g/mol. The summed E-state index contributed by atoms with van der Waals surface area (Å²) in [6.07, 6.45) is 0. The predicted molar refractivity (Wildman–Crippen MR) is 68.7 cm³/mol. The number of fused-ring (bicyclic) bond motifs is 3. The lowest BCUT2D eigenvalue weighted by Crippen LogP contribution is -2.12. The molecule has 5 N–H and O–H groups in total. The summed E-state index contributed by atoms with van der Waals surface area (Å²) in [4.78, 5) is 14.4. The Kier molecular flexibility index (Phi) is 1.86. The first kappa shape index (κ1) is 9.72. The normalized spacial score (nSPS) is 11.1. The summed E-state index contributed by atoms with van der Waals surface area (Å²) in [5.41, 5.74) is 12.4. The van der Waals surface area contributed by atoms with Crippen molar-refractivity contribution in [2.75, 3.05) is 5.73 Å². The minimum absolute atomic E-state index is 0.323. The highest BCUT2D eigenvalue weighted by molar-refractivity contribution is 6.19. The fourth-order valence-electron chi connectivity index (χ4n) is 2.24. The molecule has 0 bridgehead atoms. The standard InChI is InChI=1S/C13H11N3O/c14-12-11(13(15)17)10-8-4-2-1-3-7(8)5-6-9(10)16-12/h1-6,16H,14H2,(H2,15,17). The summed E-state index contributed by atoms with van der Waals surface area (Å²) >= 11 is 0. The summed E-state index contributed by atoms with van der Waals surface area (Å²) in [6, 6.07) is 11.7. The van der Waals surface area contributed by atoms with E-state index >= 15 is 0 Å². The second kappa shape index (κ2) is 3.25. The Morgan fingerprint density at radius 1 is 1.12 bits per heavy atom. The number of rotatable bonds is 1. The van der Waals surface area contributed by atoms with Crippen molar-refractivity contribution in [3.05, 3.63) is 42.0 Å². The van der Waals surface area contributed by atoms with Crippen LogP contribution in [-0.4, -0.2) is 10.9 Å². The van der Waals surface area contributed by atoms with Gasteiger partial charge in [-0.25, -0.2) is 0 Å². The zero-order valence-electron chi connectivity index (χ0n) is 9.03. The number of hydrogen-bond donors (Lipinski definition) is 3. The molecule has 0 aliphatic heterocycles. The number of aromatic amines is 1. The molecular formula is C13H11N3O. The molecule has 0 aliphatic carbocycles. The number of benzene rings is 2. The number of anilines is 1. The lowest BCUT2D eigenvalue weighted by atomic mass is 10.0. The third kappa shape index (κ3) is 1.27. The number of nitrogen functional groups attached to an aromatic ring is 1. The molecule has 0 radical (unpaired) electrons. The van der Waals surface area contributed by atoms with Crippen molar-refractivity contribution in [3.63, 3.8) is 0 Å². The van der Waals surface area contributed by atoms with Gasteiger partial charge in [-0.15, -0.1) is 0 Å². The molecule has 0 aliphatic rings. The number of aromatic nitrogens is 1. The third-order valence-corrected chi connectivity index (χ3v) is 2.96. The minimum atomic E-state index is -0.509. The second-order valence-corrected chi connectivity index (χ2v) is 3.99. The topological polar surface area (TPSA) is 84.9 Å². The molecule has 0 spiro atoms. The summed E-state index contributed by atoms with van der Waals surface area (Å²) < 4.78 is 0. The maximum Gasteiger partial charge on any atom is 0.253 e. The molecule has 3 aromatic rings. The molecular weight excluding hydrogens is 214 g/mol. The van der Waals surface area contributed by atoms with Crippen LogP contribution in [-0.2, 0) is 0 Å². The van der Waals surface area contributed by atoms with Crippen molar-refractivity contribution >= 4 is 33.4 Å². The van der Waals surface area contributed by atoms with E-state index in [0.717, 1.165) is 21.7 Å². The Bertz CT molecular complexity index is 743. The monoisotopic (exact) mass is 225 g/mol. The second-order valence-electron chi connectivity index (χ2n) is 3.99. The maximum atomic E-state index is 11.5. The van der Waals surface area contributed by atoms with E-state index in [9.17, 15) is 4.79 Å². The number of amides is 1. The van der Waals surface area contributed by atoms with Gasteiger partial charge in [-0.1, -0.05) is 30.3 Å². The van der Waals surface area contributed by atoms with E-state index in [1.165, 1.54) is 0 Å². The summed E-state index contributed by atoms with van der Waals surface area (Å²) in [7, 11) is 0. The molecule has 0 unspecified atom stereocenters. The smallest absolute Gasteiger partial charge is 0.253 e. The molecule has 17 heavy (non-hydrogen) atoms. The van der Waals surface area contributed by atoms with Gasteiger partial charge in [0.05, 0.1) is 5.56 Å². The van der Waals surface area contributed by atoms with Gasteiger partial charge in [0.2, 0.25) is 0 Å². The van der Waals surface area contributed by atoms with Crippen molar-refractivity contribution in [2.24, 2.45) is 5.73 Å². The van der Waals surface area contributed by atoms with Crippen LogP contribution in [0.5, 0.6) is 0 Å². The highest BCUT2D eigenvalue weighted by atomic mass is 16.1. The molecule has 1 amide bonds. The van der Waals surface area contributed by atoms with E-state index in [4.69, 9.17) is 11.5 Å². The van der Waals surface area contributed by atoms with E-state index in [1.807, 2.05) is 36.4 Å². The highest BCUT2D eigenvalue weighted by Crippen LogP contribution is 2.31. The van der Waals surface area contributed by atoms with E-state index in [2.05, 4.69) is 4.98 Å². The molecule has 1 aromatic heterocycles. The number of carbonyl (C=O) groups excluding carboxylic acids is 1. The molecule has 3 rings (SSSR count). The first-order chi connectivity index (χ1) is 8.18. The average Bonchev–Trinajstić information content (AvgIpc) is 2.65. The van der Waals surface area contributed by atoms with Crippen molar-refractivity contribution in [1.82, 2.24) is 4.98 Å². The van der Waals surface area contributed by atoms with Gasteiger partial charge in [-0.3, -0.25) is 4.79 Å². The van der Waals surface area contributed by atoms with Crippen molar-refractivity contribution in [1.29, 1.82) is 0 Å². The number of nitrogens with one attached hydrogen (secondary N) is 1. The Hall–Kier alpha value is -2.49. The summed E-state index contributed by atoms with van der Waals surface area (Å²) in [5.74, 6) is -0.186. The SMILES string of the molecule is NC(=O)c1c(N)[nH]c2ccc3ccccc3c12. The van der Waals surface area contributed by atoms with Crippen LogP contribution in [0.1, 0.15) is 10.4 Å². The lowest BCUT2D eigenvalue weighted by molar-refractivity contribution is 0.100. The predicted octanol–water partition coefficient (Wildman–Crippen LogP) is 2.00. The quantitative estimate of drug-likeness (QED) is 0.591. The number of H-pyrrole nitrogens is 1. The molecule has 2 aromatic carbocycles. The molecule has 4 nitrogen and oxygen atoms in total. The minimum Gasteiger partial charge on any atom is -0.385 e. The van der Waals surface area contributed by atoms with E-state index in [-0.39, 0.29) is 0 Å². The largest absolute Gasteiger partial charge is 0.385 e.